The van der Waals surface area contributed by atoms with Crippen LogP contribution in [0.5, 0.6) is 0 Å². The molecule has 0 N–H and O–H groups in total. The molecule has 0 heterocycles. The van der Waals surface area contributed by atoms with Gasteiger partial charge in [0.1, 0.15) is 0 Å². The van der Waals surface area contributed by atoms with Crippen molar-refractivity contribution in [2.24, 2.45) is 0 Å². The summed E-state index contributed by atoms with van der Waals surface area (Å²) in [6.07, 6.45) is 1.90. The van der Waals surface area contributed by atoms with E-state index in [1.54, 1.807) is 6.07 Å². The molecule has 1 saturated carbocycles. The highest BCUT2D eigenvalue weighted by Gasteiger charge is 2.45. The van der Waals surface area contributed by atoms with E-state index in [9.17, 15) is 14.9 Å². The number of nitrogens with zero attached hydrogens (tertiary/aromatic N) is 2. The Morgan fingerprint density at radius 3 is 2.62 bits per heavy atom. The van der Waals surface area contributed by atoms with E-state index in [0.717, 1.165) is 12.8 Å². The number of nitro groups is 1. The summed E-state index contributed by atoms with van der Waals surface area (Å²) < 4.78 is 0. The molecule has 0 bridgehead atoms. The predicted molar refractivity (Wildman–Crippen MR) is 55.0 cm³/mol. The smallest absolute Gasteiger partial charge is 0.280 e. The molecule has 0 radical (unpaired) electrons. The van der Waals surface area contributed by atoms with Crippen molar-refractivity contribution in [2.45, 2.75) is 18.3 Å². The molecule has 1 fully saturated rings. The van der Waals surface area contributed by atoms with Gasteiger partial charge in [0.25, 0.3) is 5.69 Å². The summed E-state index contributed by atoms with van der Waals surface area (Å²) in [7, 11) is 0. The molecule has 0 aromatic heterocycles. The van der Waals surface area contributed by atoms with Crippen LogP contribution in [0.1, 0.15) is 28.8 Å². The van der Waals surface area contributed by atoms with Gasteiger partial charge in [0.2, 0.25) is 0 Å². The van der Waals surface area contributed by atoms with Crippen LogP contribution >= 0.6 is 0 Å². The van der Waals surface area contributed by atoms with Crippen LogP contribution in [-0.4, -0.2) is 11.2 Å². The van der Waals surface area contributed by atoms with Crippen LogP contribution < -0.4 is 0 Å². The number of nitriles is 1. The Kier molecular flexibility index (Phi) is 2.20. The Balaban J connectivity index is 2.52. The van der Waals surface area contributed by atoms with E-state index >= 15 is 0 Å². The molecule has 1 aliphatic carbocycles. The third-order valence-electron chi connectivity index (χ3n) is 2.87. The Morgan fingerprint density at radius 1 is 1.50 bits per heavy atom. The minimum absolute atomic E-state index is 0.0440. The van der Waals surface area contributed by atoms with Gasteiger partial charge in [0.15, 0.2) is 6.29 Å². The van der Waals surface area contributed by atoms with E-state index in [1.807, 2.05) is 0 Å². The van der Waals surface area contributed by atoms with Crippen LogP contribution in [0.2, 0.25) is 0 Å². The first kappa shape index (κ1) is 10.3. The fourth-order valence-corrected chi connectivity index (χ4v) is 1.69. The maximum absolute atomic E-state index is 10.7. The van der Waals surface area contributed by atoms with Gasteiger partial charge >= 0.3 is 0 Å². The zero-order valence-electron chi connectivity index (χ0n) is 8.34. The largest absolute Gasteiger partial charge is 0.298 e. The molecule has 0 saturated heterocycles. The van der Waals surface area contributed by atoms with E-state index in [0.29, 0.717) is 11.8 Å². The summed E-state index contributed by atoms with van der Waals surface area (Å²) in [4.78, 5) is 20.7. The minimum Gasteiger partial charge on any atom is -0.298 e. The zero-order valence-corrected chi connectivity index (χ0v) is 8.34. The van der Waals surface area contributed by atoms with E-state index in [1.165, 1.54) is 12.1 Å². The Bertz CT molecular complexity index is 512. The number of hydrogen-bond acceptors (Lipinski definition) is 4. The van der Waals surface area contributed by atoms with Crippen molar-refractivity contribution in [1.29, 1.82) is 5.26 Å². The molecule has 1 aromatic rings. The van der Waals surface area contributed by atoms with Crippen molar-refractivity contribution in [3.63, 3.8) is 0 Å². The molecular formula is C11H8N2O3. The molecule has 1 aliphatic rings. The molecule has 2 rings (SSSR count). The Labute approximate surface area is 91.5 Å². The summed E-state index contributed by atoms with van der Waals surface area (Å²) in [5, 5.41) is 19.7. The number of aldehydes is 1. The lowest BCUT2D eigenvalue weighted by Crippen LogP contribution is -2.04. The van der Waals surface area contributed by atoms with Gasteiger partial charge in [-0.05, 0) is 24.5 Å². The number of carbonyl (C=O) groups excluding carboxylic acids is 1. The van der Waals surface area contributed by atoms with Gasteiger partial charge in [0, 0.05) is 6.07 Å². The number of carbonyl (C=O) groups is 1. The fourth-order valence-electron chi connectivity index (χ4n) is 1.69. The van der Waals surface area contributed by atoms with E-state index in [2.05, 4.69) is 6.07 Å². The molecular weight excluding hydrogens is 208 g/mol. The van der Waals surface area contributed by atoms with Gasteiger partial charge in [-0.15, -0.1) is 0 Å². The van der Waals surface area contributed by atoms with Crippen LogP contribution in [0.15, 0.2) is 18.2 Å². The second-order valence-electron chi connectivity index (χ2n) is 3.84. The molecule has 0 atom stereocenters. The highest BCUT2D eigenvalue weighted by Crippen LogP contribution is 2.48. The Hall–Kier alpha value is -2.22. The van der Waals surface area contributed by atoms with Gasteiger partial charge in [-0.3, -0.25) is 14.9 Å². The number of benzene rings is 1. The van der Waals surface area contributed by atoms with Crippen molar-refractivity contribution in [3.05, 3.63) is 39.4 Å². The lowest BCUT2D eigenvalue weighted by atomic mass is 9.96. The van der Waals surface area contributed by atoms with E-state index in [4.69, 9.17) is 5.26 Å². The maximum Gasteiger partial charge on any atom is 0.280 e. The van der Waals surface area contributed by atoms with Crippen molar-refractivity contribution < 1.29 is 9.72 Å². The Morgan fingerprint density at radius 2 is 2.19 bits per heavy atom. The molecule has 0 aliphatic heterocycles. The minimum atomic E-state index is -0.597. The normalized spacial score (nSPS) is 16.2. The van der Waals surface area contributed by atoms with Gasteiger partial charge in [-0.25, -0.2) is 0 Å². The highest BCUT2D eigenvalue weighted by atomic mass is 16.6. The summed E-state index contributed by atoms with van der Waals surface area (Å²) in [6.45, 7) is 0. The average molecular weight is 216 g/mol. The van der Waals surface area contributed by atoms with Gasteiger partial charge in [0.05, 0.1) is 22.0 Å². The topological polar surface area (TPSA) is 84.0 Å². The highest BCUT2D eigenvalue weighted by molar-refractivity contribution is 5.81. The van der Waals surface area contributed by atoms with Crippen molar-refractivity contribution in [2.75, 3.05) is 0 Å². The van der Waals surface area contributed by atoms with Crippen LogP contribution in [0.3, 0.4) is 0 Å². The first-order chi connectivity index (χ1) is 7.63. The molecule has 5 nitrogen and oxygen atoms in total. The van der Waals surface area contributed by atoms with Crippen LogP contribution in [0, 0.1) is 21.4 Å². The average Bonchev–Trinajstić information content (AvgIpc) is 3.09. The van der Waals surface area contributed by atoms with Gasteiger partial charge < -0.3 is 0 Å². The van der Waals surface area contributed by atoms with Gasteiger partial charge in [-0.1, -0.05) is 6.07 Å². The molecule has 16 heavy (non-hydrogen) atoms. The second kappa shape index (κ2) is 3.42. The summed E-state index contributed by atoms with van der Waals surface area (Å²) in [6, 6.07) is 6.51. The van der Waals surface area contributed by atoms with Crippen LogP contribution in [-0.2, 0) is 5.41 Å². The third kappa shape index (κ3) is 1.44. The van der Waals surface area contributed by atoms with E-state index in [-0.39, 0.29) is 11.3 Å². The maximum atomic E-state index is 10.7. The van der Waals surface area contributed by atoms with Crippen molar-refractivity contribution >= 4 is 12.0 Å². The predicted octanol–water partition coefficient (Wildman–Crippen LogP) is 1.96. The lowest BCUT2D eigenvalue weighted by molar-refractivity contribution is -0.385. The van der Waals surface area contributed by atoms with Crippen molar-refractivity contribution in [3.8, 4) is 6.07 Å². The number of nitro benzene ring substituents is 1. The summed E-state index contributed by atoms with van der Waals surface area (Å²) >= 11 is 0. The van der Waals surface area contributed by atoms with Crippen LogP contribution in [0.25, 0.3) is 0 Å². The standard InChI is InChI=1S/C11H8N2O3/c12-7-11(3-4-11)9-2-1-8(6-14)10(5-9)13(15)16/h1-2,5-6H,3-4H2. The lowest BCUT2D eigenvalue weighted by Gasteiger charge is -2.06. The molecule has 0 amide bonds. The summed E-state index contributed by atoms with van der Waals surface area (Å²) in [5.74, 6) is 0. The first-order valence-electron chi connectivity index (χ1n) is 4.78. The first-order valence-corrected chi connectivity index (χ1v) is 4.78. The molecule has 0 unspecified atom stereocenters. The number of hydrogen-bond donors (Lipinski definition) is 0. The van der Waals surface area contributed by atoms with Crippen LogP contribution in [0.4, 0.5) is 5.69 Å². The number of rotatable bonds is 3. The zero-order chi connectivity index (χ0) is 11.8. The monoisotopic (exact) mass is 216 g/mol. The SMILES string of the molecule is N#CC1(c2ccc(C=O)c([N+](=O)[O-])c2)CC1. The van der Waals surface area contributed by atoms with Gasteiger partial charge in [-0.2, -0.15) is 5.26 Å². The second-order valence-corrected chi connectivity index (χ2v) is 3.84. The van der Waals surface area contributed by atoms with Crippen molar-refractivity contribution in [1.82, 2.24) is 0 Å². The quantitative estimate of drug-likeness (QED) is 0.439. The third-order valence-corrected chi connectivity index (χ3v) is 2.87. The molecule has 1 aromatic carbocycles. The molecule has 0 spiro atoms. The summed E-state index contributed by atoms with van der Waals surface area (Å²) in [5.41, 5.74) is -0.115. The van der Waals surface area contributed by atoms with E-state index < -0.39 is 10.3 Å². The molecule has 80 valence electrons. The fraction of sp³-hybridized carbons (Fsp3) is 0.273. The molecule has 5 heteroatoms.